The molecule has 0 atom stereocenters. The van der Waals surface area contributed by atoms with Gasteiger partial charge < -0.3 is 45.6 Å². The van der Waals surface area contributed by atoms with Crippen molar-refractivity contribution in [3.63, 3.8) is 0 Å². The lowest BCUT2D eigenvalue weighted by atomic mass is 9.65. The van der Waals surface area contributed by atoms with Crippen LogP contribution >= 0.6 is 0 Å². The first-order valence-corrected chi connectivity index (χ1v) is 23.3. The Bertz CT molecular complexity index is 3730. The Morgan fingerprint density at radius 1 is 0.266 bits per heavy atom. The summed E-state index contributed by atoms with van der Waals surface area (Å²) in [6.07, 6.45) is 0. The van der Waals surface area contributed by atoms with Crippen molar-refractivity contribution in [1.29, 1.82) is 0 Å². The van der Waals surface area contributed by atoms with Crippen LogP contribution in [0.5, 0.6) is 0 Å². The van der Waals surface area contributed by atoms with Crippen LogP contribution in [0, 0.1) is 0 Å². The van der Waals surface area contributed by atoms with Gasteiger partial charge in [0.25, 0.3) is 0 Å². The van der Waals surface area contributed by atoms with Gasteiger partial charge in [-0.15, -0.1) is 0 Å². The van der Waals surface area contributed by atoms with Gasteiger partial charge in [0.05, 0.1) is 66.5 Å². The molecule has 0 saturated carbocycles. The zero-order valence-electron chi connectivity index (χ0n) is 40.1. The highest BCUT2D eigenvalue weighted by Crippen LogP contribution is 2.60. The first-order chi connectivity index (χ1) is 37.6. The Morgan fingerprint density at radius 2 is 0.519 bits per heavy atom. The van der Waals surface area contributed by atoms with Crippen LogP contribution in [0.25, 0.3) is 22.3 Å². The Labute approximate surface area is 442 Å². The highest BCUT2D eigenvalue weighted by atomic mass is 16.6. The number of esters is 2. The Balaban J connectivity index is 1.24. The van der Waals surface area contributed by atoms with Gasteiger partial charge in [-0.1, -0.05) is 97.1 Å². The van der Waals surface area contributed by atoms with Gasteiger partial charge in [0.15, 0.2) is 0 Å². The maximum absolute atomic E-state index is 15.4. The van der Waals surface area contributed by atoms with E-state index in [0.29, 0.717) is 11.1 Å². The Morgan fingerprint density at radius 3 is 0.785 bits per heavy atom. The molecule has 19 heteroatoms. The number of benzene rings is 8. The van der Waals surface area contributed by atoms with Crippen LogP contribution < -0.4 is 0 Å². The summed E-state index contributed by atoms with van der Waals surface area (Å²) in [5, 5.41) is 82.0. The molecule has 0 bridgehead atoms. The molecule has 2 aliphatic rings. The standard InChI is InChI=1S/C60H34O19/c61-49(62)35-19-15-27(23-41(35)53(69)70)59(28-16-20-36(50(63)64)42(24-28)54(71)72)45-13-3-1-7-31(45)33-9-5-11-39(47(33)59)57(77)79-58(78)40-12-6-10-34-32-8-2-4-14-46(32)60(48(34)40,29-17-21-37(51(65)66)43(25-29)55(73)74)30-18-22-38(52(67)68)44(26-30)56(75)76/h1-26H,(H,61,62)(H,63,64)(H,65,66)(H,67,68)(H,69,70)(H,71,72)(H,73,74)(H,75,76). The van der Waals surface area contributed by atoms with Crippen LogP contribution in [0.15, 0.2) is 158 Å². The maximum Gasteiger partial charge on any atom is 0.346 e. The molecule has 0 spiro atoms. The molecule has 10 rings (SSSR count). The molecule has 19 nitrogen and oxygen atoms in total. The zero-order chi connectivity index (χ0) is 56.6. The smallest absolute Gasteiger partial charge is 0.346 e. The van der Waals surface area contributed by atoms with Gasteiger partial charge in [0.2, 0.25) is 0 Å². The number of hydrogen-bond donors (Lipinski definition) is 8. The molecular formula is C60H34O19. The second kappa shape index (κ2) is 18.8. The minimum atomic E-state index is -2.04. The van der Waals surface area contributed by atoms with Crippen molar-refractivity contribution in [3.8, 4) is 22.3 Å². The Hall–Kier alpha value is -11.3. The van der Waals surface area contributed by atoms with Crippen molar-refractivity contribution in [2.75, 3.05) is 0 Å². The van der Waals surface area contributed by atoms with E-state index >= 15 is 9.59 Å². The van der Waals surface area contributed by atoms with Gasteiger partial charge >= 0.3 is 59.7 Å². The Kier molecular flexibility index (Phi) is 12.2. The topological polar surface area (TPSA) is 342 Å². The van der Waals surface area contributed by atoms with Crippen LogP contribution in [-0.2, 0) is 15.6 Å². The summed E-state index contributed by atoms with van der Waals surface area (Å²) in [4.78, 5) is 132. The quantitative estimate of drug-likeness (QED) is 0.0372. The van der Waals surface area contributed by atoms with Crippen LogP contribution in [0.1, 0.15) is 148 Å². The van der Waals surface area contributed by atoms with Gasteiger partial charge in [-0.2, -0.15) is 0 Å². The number of ether oxygens (including phenoxy) is 1. The number of rotatable bonds is 14. The molecule has 388 valence electrons. The molecule has 0 unspecified atom stereocenters. The number of aromatic carboxylic acids is 8. The highest BCUT2D eigenvalue weighted by Gasteiger charge is 2.52. The van der Waals surface area contributed by atoms with Gasteiger partial charge in [0.1, 0.15) is 0 Å². The lowest BCUT2D eigenvalue weighted by Gasteiger charge is -2.36. The van der Waals surface area contributed by atoms with Crippen molar-refractivity contribution in [3.05, 3.63) is 258 Å². The molecule has 8 N–H and O–H groups in total. The van der Waals surface area contributed by atoms with Crippen molar-refractivity contribution < 1.29 is 93.5 Å². The maximum atomic E-state index is 15.4. The molecule has 2 aliphatic carbocycles. The summed E-state index contributed by atoms with van der Waals surface area (Å²) in [6, 6.07) is 34.5. The number of carboxylic acid groups (broad SMARTS) is 8. The van der Waals surface area contributed by atoms with E-state index in [-0.39, 0.29) is 55.6 Å². The third kappa shape index (κ3) is 7.67. The molecule has 0 aromatic heterocycles. The fraction of sp³-hybridized carbons (Fsp3) is 0.0333. The van der Waals surface area contributed by atoms with Gasteiger partial charge in [-0.05, 0) is 127 Å². The largest absolute Gasteiger partial charge is 0.478 e. The summed E-state index contributed by atoms with van der Waals surface area (Å²) in [7, 11) is 0. The predicted molar refractivity (Wildman–Crippen MR) is 273 cm³/mol. The van der Waals surface area contributed by atoms with Crippen LogP contribution in [0.4, 0.5) is 0 Å². The van der Waals surface area contributed by atoms with Crippen LogP contribution in [0.2, 0.25) is 0 Å². The van der Waals surface area contributed by atoms with Gasteiger partial charge in [-0.3, -0.25) is 0 Å². The molecule has 8 aromatic carbocycles. The molecular weight excluding hydrogens is 1020 g/mol. The molecule has 0 aliphatic heterocycles. The molecule has 0 amide bonds. The summed E-state index contributed by atoms with van der Waals surface area (Å²) in [5.74, 6) is -16.0. The zero-order valence-corrected chi connectivity index (χ0v) is 40.1. The van der Waals surface area contributed by atoms with Crippen molar-refractivity contribution >= 4 is 59.7 Å². The van der Waals surface area contributed by atoms with E-state index in [1.807, 2.05) is 0 Å². The van der Waals surface area contributed by atoms with E-state index < -0.39 is 126 Å². The fourth-order valence-electron chi connectivity index (χ4n) is 11.4. The second-order valence-corrected chi connectivity index (χ2v) is 18.2. The van der Waals surface area contributed by atoms with Crippen LogP contribution in [-0.4, -0.2) is 101 Å². The van der Waals surface area contributed by atoms with Gasteiger partial charge in [0, 0.05) is 0 Å². The van der Waals surface area contributed by atoms with E-state index in [0.717, 1.165) is 48.5 Å². The van der Waals surface area contributed by atoms with E-state index in [4.69, 9.17) is 4.74 Å². The SMILES string of the molecule is O=C(O)c1ccc(C2(c3ccc(C(=O)O)c(C(=O)O)c3)c3ccccc3-c3cccc(C(=O)OC(=O)c4cccc5c4C(c4ccc(C(=O)O)c(C(=O)O)c4)(c4ccc(C(=O)O)c(C(=O)O)c4)c4ccccc4-5)c32)cc1C(=O)O. The van der Waals surface area contributed by atoms with E-state index in [1.54, 1.807) is 60.7 Å². The summed E-state index contributed by atoms with van der Waals surface area (Å²) >= 11 is 0. The highest BCUT2D eigenvalue weighted by molar-refractivity contribution is 6.10. The molecule has 0 radical (unpaired) electrons. The second-order valence-electron chi connectivity index (χ2n) is 18.2. The molecule has 0 fully saturated rings. The lowest BCUT2D eigenvalue weighted by Crippen LogP contribution is -2.33. The molecule has 8 aromatic rings. The average molecular weight is 1060 g/mol. The van der Waals surface area contributed by atoms with Crippen molar-refractivity contribution in [2.45, 2.75) is 10.8 Å². The number of fused-ring (bicyclic) bond motifs is 6. The first kappa shape index (κ1) is 51.2. The number of hydrogen-bond acceptors (Lipinski definition) is 11. The molecule has 0 saturated heterocycles. The lowest BCUT2D eigenvalue weighted by molar-refractivity contribution is 0.0391. The number of carbonyl (C=O) groups is 10. The van der Waals surface area contributed by atoms with E-state index in [1.165, 1.54) is 48.5 Å². The summed E-state index contributed by atoms with van der Waals surface area (Å²) in [5.41, 5.74) is -8.88. The van der Waals surface area contributed by atoms with E-state index in [2.05, 4.69) is 0 Å². The normalized spacial score (nSPS) is 12.9. The number of carboxylic acids is 8. The summed E-state index contributed by atoms with van der Waals surface area (Å²) < 4.78 is 5.89. The monoisotopic (exact) mass is 1060 g/mol. The fourth-order valence-corrected chi connectivity index (χ4v) is 11.4. The van der Waals surface area contributed by atoms with Crippen molar-refractivity contribution in [2.24, 2.45) is 0 Å². The predicted octanol–water partition coefficient (Wildman–Crippen LogP) is 9.00. The minimum Gasteiger partial charge on any atom is -0.478 e. The average Bonchev–Trinajstić information content (AvgIpc) is 3.94. The third-order valence-electron chi connectivity index (χ3n) is 14.4. The number of carbonyl (C=O) groups excluding carboxylic acids is 2. The third-order valence-corrected chi connectivity index (χ3v) is 14.4. The molecule has 0 heterocycles. The first-order valence-electron chi connectivity index (χ1n) is 23.3. The summed E-state index contributed by atoms with van der Waals surface area (Å²) in [6.45, 7) is 0. The minimum absolute atomic E-state index is 0.0488. The van der Waals surface area contributed by atoms with Gasteiger partial charge in [-0.25, -0.2) is 47.9 Å². The van der Waals surface area contributed by atoms with Crippen molar-refractivity contribution in [1.82, 2.24) is 0 Å². The van der Waals surface area contributed by atoms with Crippen LogP contribution in [0.3, 0.4) is 0 Å². The molecule has 79 heavy (non-hydrogen) atoms. The van der Waals surface area contributed by atoms with E-state index in [9.17, 15) is 79.2 Å².